The first-order valence-electron chi connectivity index (χ1n) is 13.4. The van der Waals surface area contributed by atoms with Crippen molar-refractivity contribution in [3.05, 3.63) is 0 Å². The van der Waals surface area contributed by atoms with Gasteiger partial charge in [0.2, 0.25) is 0 Å². The number of hydrogen-bond donors (Lipinski definition) is 2. The maximum Gasteiger partial charge on any atom is 0.171 e. The first-order valence-corrected chi connectivity index (χ1v) is 13.4. The summed E-state index contributed by atoms with van der Waals surface area (Å²) in [6.45, 7) is 10.5. The second kappa shape index (κ2) is 6.93. The van der Waals surface area contributed by atoms with Crippen molar-refractivity contribution in [1.29, 1.82) is 0 Å². The first-order chi connectivity index (χ1) is 14.7. The molecule has 4 saturated carbocycles. The summed E-state index contributed by atoms with van der Waals surface area (Å²) in [5.74, 6) is 3.89. The third-order valence-electron chi connectivity index (χ3n) is 12.0. The van der Waals surface area contributed by atoms with Crippen molar-refractivity contribution in [2.45, 2.75) is 110 Å². The summed E-state index contributed by atoms with van der Waals surface area (Å²) in [6, 6.07) is 0. The summed E-state index contributed by atoms with van der Waals surface area (Å²) in [4.78, 5) is 0. The molecule has 0 bridgehead atoms. The number of fused-ring (bicyclic) bond motifs is 7. The van der Waals surface area contributed by atoms with Crippen LogP contribution in [0.15, 0.2) is 0 Å². The van der Waals surface area contributed by atoms with E-state index in [0.717, 1.165) is 19.4 Å². The molecule has 6 fully saturated rings. The fourth-order valence-corrected chi connectivity index (χ4v) is 10.3. The Morgan fingerprint density at radius 2 is 1.68 bits per heavy atom. The number of rotatable bonds is 0. The molecule has 4 aliphatic carbocycles. The molecule has 0 radical (unpaired) electrons. The fraction of sp³-hybridized carbons (Fsp3) is 1.00. The first kappa shape index (κ1) is 21.4. The van der Waals surface area contributed by atoms with Crippen LogP contribution in [0.5, 0.6) is 0 Å². The summed E-state index contributed by atoms with van der Waals surface area (Å²) < 4.78 is 13.3. The van der Waals surface area contributed by atoms with Gasteiger partial charge >= 0.3 is 0 Å². The van der Waals surface area contributed by atoms with Gasteiger partial charge in [-0.15, -0.1) is 0 Å². The molecule has 6 rings (SSSR count). The Kier molecular flexibility index (Phi) is 4.78. The number of aliphatic hydroxyl groups is 2. The molecule has 0 unspecified atom stereocenters. The Morgan fingerprint density at radius 3 is 2.42 bits per heavy atom. The second-order valence-electron chi connectivity index (χ2n) is 13.2. The number of hydrogen-bond acceptors (Lipinski definition) is 4. The minimum absolute atomic E-state index is 0.0164. The molecule has 176 valence electrons. The summed E-state index contributed by atoms with van der Waals surface area (Å²) in [5.41, 5.74) is 0.320. The summed E-state index contributed by atoms with van der Waals surface area (Å²) in [7, 11) is 0. The third-order valence-corrected chi connectivity index (χ3v) is 12.0. The molecular weight excluding hydrogens is 388 g/mol. The predicted molar refractivity (Wildman–Crippen MR) is 119 cm³/mol. The van der Waals surface area contributed by atoms with E-state index in [-0.39, 0.29) is 23.4 Å². The lowest BCUT2D eigenvalue weighted by atomic mass is 9.43. The molecule has 2 N–H and O–H groups in total. The van der Waals surface area contributed by atoms with E-state index >= 15 is 0 Å². The maximum atomic E-state index is 11.2. The molecule has 6 aliphatic rings. The second-order valence-corrected chi connectivity index (χ2v) is 13.2. The fourth-order valence-electron chi connectivity index (χ4n) is 10.3. The van der Waals surface area contributed by atoms with Crippen molar-refractivity contribution in [3.8, 4) is 0 Å². The van der Waals surface area contributed by atoms with Gasteiger partial charge in [0, 0.05) is 12.3 Å². The smallest absolute Gasteiger partial charge is 0.171 e. The zero-order chi connectivity index (χ0) is 21.8. The highest BCUT2D eigenvalue weighted by Gasteiger charge is 2.69. The lowest BCUT2D eigenvalue weighted by molar-refractivity contribution is -0.273. The normalized spacial score (nSPS) is 63.3. The van der Waals surface area contributed by atoms with E-state index in [0.29, 0.717) is 59.4 Å². The molecule has 4 nitrogen and oxygen atoms in total. The van der Waals surface area contributed by atoms with Crippen LogP contribution in [-0.2, 0) is 9.47 Å². The van der Waals surface area contributed by atoms with Crippen LogP contribution in [-0.4, -0.2) is 40.9 Å². The summed E-state index contributed by atoms with van der Waals surface area (Å²) in [6.07, 6.45) is 9.56. The van der Waals surface area contributed by atoms with E-state index in [9.17, 15) is 10.2 Å². The number of ether oxygens (including phenoxy) is 2. The Balaban J connectivity index is 1.27. The zero-order valence-corrected chi connectivity index (χ0v) is 20.1. The molecule has 1 spiro atoms. The molecule has 2 heterocycles. The molecular formula is C27H44O4. The Bertz CT molecular complexity index is 716. The highest BCUT2D eigenvalue weighted by molar-refractivity contribution is 5.16. The van der Waals surface area contributed by atoms with Crippen molar-refractivity contribution in [2.24, 2.45) is 52.3 Å². The average Bonchev–Trinajstić information content (AvgIpc) is 3.16. The van der Waals surface area contributed by atoms with E-state index < -0.39 is 0 Å². The Morgan fingerprint density at radius 1 is 0.871 bits per heavy atom. The van der Waals surface area contributed by atoms with Crippen LogP contribution in [0.4, 0.5) is 0 Å². The monoisotopic (exact) mass is 432 g/mol. The number of aliphatic hydroxyl groups excluding tert-OH is 2. The molecule has 0 aromatic heterocycles. The molecule has 2 saturated heterocycles. The van der Waals surface area contributed by atoms with Crippen molar-refractivity contribution in [3.63, 3.8) is 0 Å². The van der Waals surface area contributed by atoms with Gasteiger partial charge in [-0.1, -0.05) is 27.7 Å². The van der Waals surface area contributed by atoms with Crippen LogP contribution in [0, 0.1) is 52.3 Å². The van der Waals surface area contributed by atoms with Gasteiger partial charge in [0.15, 0.2) is 5.79 Å². The van der Waals surface area contributed by atoms with Gasteiger partial charge in [0.25, 0.3) is 0 Å². The van der Waals surface area contributed by atoms with Crippen LogP contribution < -0.4 is 0 Å². The lowest BCUT2D eigenvalue weighted by Crippen LogP contribution is -2.59. The van der Waals surface area contributed by atoms with Crippen molar-refractivity contribution in [2.75, 3.05) is 6.61 Å². The Hall–Kier alpha value is -0.160. The van der Waals surface area contributed by atoms with Gasteiger partial charge in [-0.3, -0.25) is 0 Å². The van der Waals surface area contributed by atoms with Gasteiger partial charge in [0.1, 0.15) is 0 Å². The van der Waals surface area contributed by atoms with Gasteiger partial charge in [-0.2, -0.15) is 0 Å². The third kappa shape index (κ3) is 2.74. The van der Waals surface area contributed by atoms with E-state index in [1.165, 1.54) is 38.5 Å². The van der Waals surface area contributed by atoms with Crippen LogP contribution in [0.1, 0.15) is 85.5 Å². The lowest BCUT2D eigenvalue weighted by Gasteiger charge is -2.62. The van der Waals surface area contributed by atoms with Gasteiger partial charge in [-0.05, 0) is 97.7 Å². The molecule has 0 aromatic rings. The van der Waals surface area contributed by atoms with Crippen molar-refractivity contribution < 1.29 is 19.7 Å². The topological polar surface area (TPSA) is 58.9 Å². The van der Waals surface area contributed by atoms with E-state index in [1.807, 2.05) is 0 Å². The average molecular weight is 433 g/mol. The SMILES string of the molecule is C[C@@H]1CC[C@]2(OC1)O[C@H]1C[C@H]3[C@@H]4CC[C@@H]5C[C@@H](O)C[C@@H](O)[C@]5(C)[C@H]4CC[C@@]3(C)[C@@H]1[C@@H]2C. The minimum atomic E-state index is -0.351. The van der Waals surface area contributed by atoms with Gasteiger partial charge in [-0.25, -0.2) is 0 Å². The minimum Gasteiger partial charge on any atom is -0.393 e. The molecule has 31 heavy (non-hydrogen) atoms. The maximum absolute atomic E-state index is 11.2. The Labute approximate surface area is 188 Å². The standard InChI is InChI=1S/C27H44O4/c1-15-7-10-27(30-14-15)16(2)24-22(31-27)13-21-19-6-5-17-11-18(28)12-23(29)26(17,4)20(19)8-9-25(21,24)3/h15-24,28-29H,5-14H2,1-4H3/t15-,16+,17-,18-,19-,20+,21+,22+,23-,24-,25-,26+,27+/m1/s1. The molecule has 0 aromatic carbocycles. The van der Waals surface area contributed by atoms with Crippen LogP contribution in [0.25, 0.3) is 0 Å². The van der Waals surface area contributed by atoms with Gasteiger partial charge < -0.3 is 19.7 Å². The van der Waals surface area contributed by atoms with E-state index in [2.05, 4.69) is 27.7 Å². The highest BCUT2D eigenvalue weighted by Crippen LogP contribution is 2.71. The summed E-state index contributed by atoms with van der Waals surface area (Å²) >= 11 is 0. The van der Waals surface area contributed by atoms with Crippen LogP contribution >= 0.6 is 0 Å². The van der Waals surface area contributed by atoms with Crippen molar-refractivity contribution >= 4 is 0 Å². The molecule has 0 amide bonds. The zero-order valence-electron chi connectivity index (χ0n) is 20.1. The van der Waals surface area contributed by atoms with Crippen molar-refractivity contribution in [1.82, 2.24) is 0 Å². The molecule has 2 aliphatic heterocycles. The van der Waals surface area contributed by atoms with E-state index in [4.69, 9.17) is 9.47 Å². The van der Waals surface area contributed by atoms with E-state index in [1.54, 1.807) is 0 Å². The van der Waals surface area contributed by atoms with Crippen LogP contribution in [0.2, 0.25) is 0 Å². The van der Waals surface area contributed by atoms with Crippen LogP contribution in [0.3, 0.4) is 0 Å². The largest absolute Gasteiger partial charge is 0.393 e. The quantitative estimate of drug-likeness (QED) is 0.579. The summed E-state index contributed by atoms with van der Waals surface area (Å²) in [5, 5.41) is 21.5. The van der Waals surface area contributed by atoms with Gasteiger partial charge in [0.05, 0.1) is 24.9 Å². The highest BCUT2D eigenvalue weighted by atomic mass is 16.7. The molecule has 4 heteroatoms. The molecule has 13 atom stereocenters. The predicted octanol–water partition coefficient (Wildman–Crippen LogP) is 4.76.